The Labute approximate surface area is 522 Å². The summed E-state index contributed by atoms with van der Waals surface area (Å²) in [6.45, 7) is 12.3. The molecule has 0 amide bonds. The summed E-state index contributed by atoms with van der Waals surface area (Å²) in [5.74, 6) is 2.95. The van der Waals surface area contributed by atoms with Crippen LogP contribution in [0.15, 0.2) is 279 Å². The molecule has 0 saturated heterocycles. The van der Waals surface area contributed by atoms with Crippen molar-refractivity contribution in [2.75, 3.05) is 16.8 Å². The number of hydrogen-bond acceptors (Lipinski definition) is 8. The largest absolute Gasteiger partial charge is 0.438 e. The zero-order chi connectivity index (χ0) is 61.8. The van der Waals surface area contributed by atoms with Gasteiger partial charge in [0, 0.05) is 58.2 Å². The fourth-order valence-electron chi connectivity index (χ4n) is 14.0. The van der Waals surface area contributed by atoms with E-state index in [1.54, 1.807) is 24.3 Å². The maximum atomic E-state index is 12.2. The summed E-state index contributed by atoms with van der Waals surface area (Å²) in [6, 6.07) is 73.2. The third-order valence-electron chi connectivity index (χ3n) is 18.5. The van der Waals surface area contributed by atoms with Crippen molar-refractivity contribution in [1.82, 2.24) is 0 Å². The van der Waals surface area contributed by atoms with E-state index in [1.807, 2.05) is 85.0 Å². The molecule has 0 fully saturated rings. The van der Waals surface area contributed by atoms with Gasteiger partial charge < -0.3 is 19.3 Å². The van der Waals surface area contributed by atoms with Gasteiger partial charge in [-0.15, -0.1) is 0 Å². The van der Waals surface area contributed by atoms with Gasteiger partial charge in [0.15, 0.2) is 17.2 Å². The average Bonchev–Trinajstić information content (AvgIpc) is 1.63. The monoisotopic (exact) mass is 1180 g/mol. The lowest BCUT2D eigenvalue weighted by atomic mass is 9.69. The molecule has 11 aromatic rings. The molecule has 0 bridgehead atoms. The van der Waals surface area contributed by atoms with Crippen LogP contribution in [0.1, 0.15) is 52.8 Å². The lowest BCUT2D eigenvalue weighted by Crippen LogP contribution is -2.33. The van der Waals surface area contributed by atoms with Gasteiger partial charge in [0.1, 0.15) is 7.05 Å². The quantitative estimate of drug-likeness (QED) is 0.0407. The first kappa shape index (κ1) is 56.6. The molecular weight excluding hydrogens is 1110 g/mol. The standard InChI is InChI=1S/C79H64N5O6/c1-52-30-35-60-36-41-62(83(85)86)46-66(60)74(52)78(3,48-54-19-8-6-9-20-54)53(2)18-16-28-72-81(69-44-39-58-23-12-14-25-64(58)76(69)89-72)50-56-31-33-57(34-32-56)51-82-70-45-40-59-24-13-15-26-65(59)77(70)90-73(82)29-17-27-71-79(4,49-55-21-10-7-11-22-55)75-67-47-63(84(87)88)42-37-61(67)38-43-68(75)80(71)5/h6-47H,2,48-51H2,1,3-5H3/q+1/b18-16+,72-28-. The number of benzene rings is 11. The molecule has 0 aromatic heterocycles. The van der Waals surface area contributed by atoms with Crippen molar-refractivity contribution >= 4 is 77.2 Å². The second kappa shape index (κ2) is 22.8. The van der Waals surface area contributed by atoms with Gasteiger partial charge in [-0.1, -0.05) is 189 Å². The molecule has 0 radical (unpaired) electrons. The Morgan fingerprint density at radius 3 is 1.62 bits per heavy atom. The Kier molecular flexibility index (Phi) is 14.4. The van der Waals surface area contributed by atoms with Gasteiger partial charge in [-0.25, -0.2) is 0 Å². The van der Waals surface area contributed by atoms with Gasteiger partial charge in [-0.2, -0.15) is 4.58 Å². The molecule has 0 saturated carbocycles. The number of nitrogens with zero attached hydrogens (tertiary/aromatic N) is 5. The van der Waals surface area contributed by atoms with Gasteiger partial charge in [-0.05, 0) is 140 Å². The number of aryl methyl sites for hydroxylation is 1. The number of nitro benzene ring substituents is 2. The van der Waals surface area contributed by atoms with Crippen molar-refractivity contribution in [3.05, 3.63) is 338 Å². The highest BCUT2D eigenvalue weighted by atomic mass is 16.6. The summed E-state index contributed by atoms with van der Waals surface area (Å²) >= 11 is 0. The SMILES string of the molecule is C=C(/C=C/C=C1\Oc2c(ccc3ccccc23)N1Cc1ccc(CN2/C(=C/C=C/C3=[N+](C)c4ccc5ccc([N+](=O)[O-])cc5c4C3(C)Cc3ccccc3)Oc3c2ccc2ccccc32)cc1)C(C)(Cc1ccccc1)c1c(C)ccc2ccc([N+](=O)[O-])cc12. The lowest BCUT2D eigenvalue weighted by Gasteiger charge is -2.34. The Bertz CT molecular complexity index is 4930. The van der Waals surface area contributed by atoms with E-state index in [1.165, 1.54) is 0 Å². The molecule has 0 spiro atoms. The predicted octanol–water partition coefficient (Wildman–Crippen LogP) is 18.7. The van der Waals surface area contributed by atoms with E-state index < -0.39 is 10.8 Å². The van der Waals surface area contributed by atoms with Crippen molar-refractivity contribution < 1.29 is 23.9 Å². The summed E-state index contributed by atoms with van der Waals surface area (Å²) in [4.78, 5) is 28.1. The minimum absolute atomic E-state index is 0.0478. The maximum absolute atomic E-state index is 12.2. The van der Waals surface area contributed by atoms with Crippen LogP contribution in [0.5, 0.6) is 11.5 Å². The number of non-ortho nitro benzene ring substituents is 2. The van der Waals surface area contributed by atoms with E-state index in [9.17, 15) is 20.2 Å². The van der Waals surface area contributed by atoms with Crippen molar-refractivity contribution in [3.63, 3.8) is 0 Å². The van der Waals surface area contributed by atoms with Gasteiger partial charge in [0.25, 0.3) is 11.4 Å². The highest BCUT2D eigenvalue weighted by molar-refractivity contribution is 6.08. The molecule has 90 heavy (non-hydrogen) atoms. The van der Waals surface area contributed by atoms with E-state index in [2.05, 4.69) is 188 Å². The van der Waals surface area contributed by atoms with Crippen molar-refractivity contribution in [3.8, 4) is 11.5 Å². The smallest absolute Gasteiger partial charge is 0.270 e. The number of fused-ring (bicyclic) bond motifs is 10. The molecule has 3 heterocycles. The fraction of sp³-hybridized carbons (Fsp3) is 0.127. The van der Waals surface area contributed by atoms with Gasteiger partial charge >= 0.3 is 0 Å². The number of allylic oxidation sites excluding steroid dienone is 7. The second-order valence-corrected chi connectivity index (χ2v) is 24.2. The van der Waals surface area contributed by atoms with E-state index in [0.717, 1.165) is 122 Å². The van der Waals surface area contributed by atoms with Crippen LogP contribution < -0.4 is 19.3 Å². The zero-order valence-electron chi connectivity index (χ0n) is 50.5. The first-order valence-electron chi connectivity index (χ1n) is 30.3. The lowest BCUT2D eigenvalue weighted by molar-refractivity contribution is -0.401. The minimum Gasteiger partial charge on any atom is -0.438 e. The Hall–Kier alpha value is -11.2. The van der Waals surface area contributed by atoms with Crippen LogP contribution in [-0.4, -0.2) is 27.2 Å². The van der Waals surface area contributed by atoms with Crippen LogP contribution in [0.2, 0.25) is 0 Å². The second-order valence-electron chi connectivity index (χ2n) is 24.2. The predicted molar refractivity (Wildman–Crippen MR) is 363 cm³/mol. The number of ether oxygens (including phenoxy) is 2. The Morgan fingerprint density at radius 2 is 1.04 bits per heavy atom. The van der Waals surface area contributed by atoms with E-state index >= 15 is 0 Å². The maximum Gasteiger partial charge on any atom is 0.270 e. The van der Waals surface area contributed by atoms with Gasteiger partial charge in [0.2, 0.25) is 17.5 Å². The van der Waals surface area contributed by atoms with Crippen molar-refractivity contribution in [2.45, 2.75) is 57.5 Å². The van der Waals surface area contributed by atoms with Crippen LogP contribution in [0, 0.1) is 27.2 Å². The van der Waals surface area contributed by atoms with Crippen molar-refractivity contribution in [2.24, 2.45) is 0 Å². The molecular formula is C79H64N5O6+. The van der Waals surface area contributed by atoms with Crippen LogP contribution in [0.4, 0.5) is 28.4 Å². The summed E-state index contributed by atoms with van der Waals surface area (Å²) in [5.41, 5.74) is 11.3. The molecule has 2 unspecified atom stereocenters. The van der Waals surface area contributed by atoms with E-state index in [-0.39, 0.29) is 21.2 Å². The summed E-state index contributed by atoms with van der Waals surface area (Å²) < 4.78 is 16.0. The van der Waals surface area contributed by atoms with E-state index in [4.69, 9.17) is 16.1 Å². The zero-order valence-corrected chi connectivity index (χ0v) is 50.5. The van der Waals surface area contributed by atoms with Crippen LogP contribution in [-0.2, 0) is 36.8 Å². The normalized spacial score (nSPS) is 16.8. The van der Waals surface area contributed by atoms with Crippen LogP contribution in [0.25, 0.3) is 43.1 Å². The summed E-state index contributed by atoms with van der Waals surface area (Å²) in [6.07, 6.45) is 13.7. The molecule has 0 N–H and O–H groups in total. The number of anilines is 2. The number of rotatable bonds is 16. The molecule has 2 atom stereocenters. The molecule has 11 aromatic carbocycles. The third-order valence-corrected chi connectivity index (χ3v) is 18.5. The van der Waals surface area contributed by atoms with Gasteiger partial charge in [0.05, 0.1) is 39.7 Å². The van der Waals surface area contributed by atoms with Crippen LogP contribution >= 0.6 is 0 Å². The van der Waals surface area contributed by atoms with E-state index in [0.29, 0.717) is 37.7 Å². The van der Waals surface area contributed by atoms with Gasteiger partial charge in [-0.3, -0.25) is 20.2 Å². The van der Waals surface area contributed by atoms with Crippen LogP contribution in [0.3, 0.4) is 0 Å². The first-order valence-corrected chi connectivity index (χ1v) is 30.3. The first-order chi connectivity index (χ1) is 43.7. The molecule has 3 aliphatic heterocycles. The Balaban J connectivity index is 0.778. The third kappa shape index (κ3) is 10.1. The number of hydrogen-bond donors (Lipinski definition) is 0. The van der Waals surface area contributed by atoms with Crippen molar-refractivity contribution in [1.29, 1.82) is 0 Å². The molecule has 3 aliphatic rings. The molecule has 14 rings (SSSR count). The highest BCUT2D eigenvalue weighted by Gasteiger charge is 2.48. The Morgan fingerprint density at radius 1 is 0.567 bits per heavy atom. The molecule has 11 heteroatoms. The minimum atomic E-state index is -0.660. The summed E-state index contributed by atoms with van der Waals surface area (Å²) in [5, 5.41) is 32.1. The fourth-order valence-corrected chi connectivity index (χ4v) is 14.0. The topological polar surface area (TPSA) is 114 Å². The number of nitro groups is 2. The summed E-state index contributed by atoms with van der Waals surface area (Å²) in [7, 11) is 2.08. The molecule has 0 aliphatic carbocycles. The average molecular weight is 1180 g/mol. The highest BCUT2D eigenvalue weighted by Crippen LogP contribution is 2.50. The molecule has 11 nitrogen and oxygen atoms in total. The molecule has 440 valence electrons.